The van der Waals surface area contributed by atoms with Gasteiger partial charge in [0, 0.05) is 5.69 Å². The number of benzene rings is 1. The van der Waals surface area contributed by atoms with Crippen LogP contribution in [0.5, 0.6) is 5.88 Å². The first kappa shape index (κ1) is 10.2. The van der Waals surface area contributed by atoms with Crippen LogP contribution in [0.2, 0.25) is 0 Å². The lowest BCUT2D eigenvalue weighted by Gasteiger charge is -2.01. The molecule has 0 saturated carbocycles. The Balaban J connectivity index is 2.15. The van der Waals surface area contributed by atoms with Gasteiger partial charge in [-0.05, 0) is 22.4 Å². The lowest BCUT2D eigenvalue weighted by molar-refractivity contribution is 0.101. The molecule has 2 rings (SSSR count). The molecule has 0 bridgehead atoms. The number of carbonyl (C=O) groups excluding carboxylic acids is 1. The smallest absolute Gasteiger partial charge is 0.288 e. The van der Waals surface area contributed by atoms with Crippen molar-refractivity contribution in [1.82, 2.24) is 10.3 Å². The summed E-state index contributed by atoms with van der Waals surface area (Å²) < 4.78 is 9.23. The Morgan fingerprint density at radius 2 is 2.06 bits per heavy atom. The van der Waals surface area contributed by atoms with Crippen LogP contribution in [0.3, 0.4) is 0 Å². The van der Waals surface area contributed by atoms with Crippen LogP contribution in [-0.4, -0.2) is 23.3 Å². The molecule has 82 valence electrons. The first-order valence-corrected chi connectivity index (χ1v) is 4.54. The summed E-state index contributed by atoms with van der Waals surface area (Å²) in [7, 11) is 1.39. The van der Waals surface area contributed by atoms with Crippen molar-refractivity contribution in [3.8, 4) is 5.88 Å². The molecule has 0 radical (unpaired) electrons. The minimum atomic E-state index is -0.427. The number of para-hydroxylation sites is 1. The minimum Gasteiger partial charge on any atom is -0.477 e. The molecule has 1 N–H and O–H groups in total. The first-order chi connectivity index (χ1) is 7.81. The van der Waals surface area contributed by atoms with Crippen LogP contribution in [0.15, 0.2) is 35.0 Å². The Labute approximate surface area is 91.2 Å². The van der Waals surface area contributed by atoms with Crippen molar-refractivity contribution in [3.05, 3.63) is 36.0 Å². The van der Waals surface area contributed by atoms with Crippen LogP contribution in [0.1, 0.15) is 10.5 Å². The fourth-order valence-corrected chi connectivity index (χ4v) is 1.16. The van der Waals surface area contributed by atoms with Gasteiger partial charge in [-0.3, -0.25) is 4.79 Å². The summed E-state index contributed by atoms with van der Waals surface area (Å²) in [6, 6.07) is 9.01. The molecule has 0 spiro atoms. The molecule has 6 nitrogen and oxygen atoms in total. The molecule has 16 heavy (non-hydrogen) atoms. The van der Waals surface area contributed by atoms with E-state index >= 15 is 0 Å². The standard InChI is InChI=1S/C10H9N3O3/c1-15-10-8(12-16-13-10)9(14)11-7-5-3-2-4-6-7/h2-6H,1H3,(H,11,14). The summed E-state index contributed by atoms with van der Waals surface area (Å²) in [5.74, 6) is -0.363. The van der Waals surface area contributed by atoms with Crippen LogP contribution in [0, 0.1) is 0 Å². The predicted molar refractivity (Wildman–Crippen MR) is 55.2 cm³/mol. The summed E-state index contributed by atoms with van der Waals surface area (Å²) in [5, 5.41) is 9.53. The lowest BCUT2D eigenvalue weighted by atomic mass is 10.3. The highest BCUT2D eigenvalue weighted by molar-refractivity contribution is 6.04. The van der Waals surface area contributed by atoms with Gasteiger partial charge in [0.05, 0.1) is 7.11 Å². The second-order valence-corrected chi connectivity index (χ2v) is 2.94. The van der Waals surface area contributed by atoms with Gasteiger partial charge in [0.1, 0.15) is 0 Å². The second kappa shape index (κ2) is 4.43. The van der Waals surface area contributed by atoms with Crippen LogP contribution in [0.25, 0.3) is 0 Å². The maximum Gasteiger partial charge on any atom is 0.288 e. The molecule has 1 heterocycles. The van der Waals surface area contributed by atoms with Crippen molar-refractivity contribution >= 4 is 11.6 Å². The van der Waals surface area contributed by atoms with E-state index in [2.05, 4.69) is 20.3 Å². The molecule has 2 aromatic rings. The van der Waals surface area contributed by atoms with E-state index in [9.17, 15) is 4.79 Å². The molecule has 1 amide bonds. The largest absolute Gasteiger partial charge is 0.477 e. The quantitative estimate of drug-likeness (QED) is 0.842. The van der Waals surface area contributed by atoms with Crippen molar-refractivity contribution < 1.29 is 14.2 Å². The molecule has 0 fully saturated rings. The van der Waals surface area contributed by atoms with E-state index in [4.69, 9.17) is 4.74 Å². The molecule has 0 unspecified atom stereocenters. The molecule has 6 heteroatoms. The SMILES string of the molecule is COc1nonc1C(=O)Nc1ccccc1. The third-order valence-electron chi connectivity index (χ3n) is 1.90. The Morgan fingerprint density at radius 1 is 1.31 bits per heavy atom. The van der Waals surface area contributed by atoms with Gasteiger partial charge in [0.15, 0.2) is 0 Å². The summed E-state index contributed by atoms with van der Waals surface area (Å²) in [6.07, 6.45) is 0. The van der Waals surface area contributed by atoms with E-state index in [1.165, 1.54) is 7.11 Å². The number of aromatic nitrogens is 2. The number of carbonyl (C=O) groups is 1. The second-order valence-electron chi connectivity index (χ2n) is 2.94. The molecule has 0 aliphatic carbocycles. The molecule has 0 saturated heterocycles. The average molecular weight is 219 g/mol. The Kier molecular flexibility index (Phi) is 2.81. The normalized spacial score (nSPS) is 9.81. The molecular weight excluding hydrogens is 210 g/mol. The molecular formula is C10H9N3O3. The van der Waals surface area contributed by atoms with Crippen molar-refractivity contribution in [2.24, 2.45) is 0 Å². The number of hydrogen-bond donors (Lipinski definition) is 1. The van der Waals surface area contributed by atoms with Gasteiger partial charge in [0.25, 0.3) is 11.8 Å². The maximum atomic E-state index is 11.7. The number of amides is 1. The third kappa shape index (κ3) is 2.00. The van der Waals surface area contributed by atoms with Gasteiger partial charge in [-0.15, -0.1) is 0 Å². The monoisotopic (exact) mass is 219 g/mol. The van der Waals surface area contributed by atoms with Gasteiger partial charge < -0.3 is 10.1 Å². The molecule has 1 aromatic heterocycles. The summed E-state index contributed by atoms with van der Waals surface area (Å²) >= 11 is 0. The highest BCUT2D eigenvalue weighted by Crippen LogP contribution is 2.14. The zero-order valence-corrected chi connectivity index (χ0v) is 8.51. The topological polar surface area (TPSA) is 77.2 Å². The van der Waals surface area contributed by atoms with E-state index in [0.29, 0.717) is 5.69 Å². The number of nitrogens with zero attached hydrogens (tertiary/aromatic N) is 2. The van der Waals surface area contributed by atoms with E-state index in [1.807, 2.05) is 18.2 Å². The number of nitrogens with one attached hydrogen (secondary N) is 1. The van der Waals surface area contributed by atoms with E-state index in [0.717, 1.165) is 0 Å². The van der Waals surface area contributed by atoms with Crippen molar-refractivity contribution in [2.45, 2.75) is 0 Å². The fraction of sp³-hybridized carbons (Fsp3) is 0.100. The first-order valence-electron chi connectivity index (χ1n) is 4.54. The van der Waals surface area contributed by atoms with Gasteiger partial charge >= 0.3 is 0 Å². The van der Waals surface area contributed by atoms with Gasteiger partial charge in [-0.25, -0.2) is 4.63 Å². The number of ether oxygens (including phenoxy) is 1. The Hall–Kier alpha value is -2.37. The Morgan fingerprint density at radius 3 is 2.75 bits per heavy atom. The van der Waals surface area contributed by atoms with Crippen LogP contribution in [-0.2, 0) is 0 Å². The van der Waals surface area contributed by atoms with E-state index in [-0.39, 0.29) is 11.6 Å². The lowest BCUT2D eigenvalue weighted by Crippen LogP contribution is -2.13. The zero-order chi connectivity index (χ0) is 11.4. The average Bonchev–Trinajstić information content (AvgIpc) is 2.78. The van der Waals surface area contributed by atoms with Crippen molar-refractivity contribution in [2.75, 3.05) is 12.4 Å². The maximum absolute atomic E-state index is 11.7. The minimum absolute atomic E-state index is 0.0198. The molecule has 0 aliphatic heterocycles. The van der Waals surface area contributed by atoms with Gasteiger partial charge in [-0.2, -0.15) is 0 Å². The van der Waals surface area contributed by atoms with E-state index in [1.54, 1.807) is 12.1 Å². The third-order valence-corrected chi connectivity index (χ3v) is 1.90. The predicted octanol–water partition coefficient (Wildman–Crippen LogP) is 1.33. The molecule has 0 aliphatic rings. The van der Waals surface area contributed by atoms with Crippen LogP contribution >= 0.6 is 0 Å². The van der Waals surface area contributed by atoms with Gasteiger partial charge in [0.2, 0.25) is 5.69 Å². The number of methoxy groups -OCH3 is 1. The molecule has 0 atom stereocenters. The number of anilines is 1. The summed E-state index contributed by atoms with van der Waals surface area (Å²) in [5.41, 5.74) is 0.684. The summed E-state index contributed by atoms with van der Waals surface area (Å²) in [6.45, 7) is 0. The van der Waals surface area contributed by atoms with Crippen LogP contribution in [0.4, 0.5) is 5.69 Å². The number of rotatable bonds is 3. The fourth-order valence-electron chi connectivity index (χ4n) is 1.16. The highest BCUT2D eigenvalue weighted by atomic mass is 16.6. The van der Waals surface area contributed by atoms with Crippen molar-refractivity contribution in [1.29, 1.82) is 0 Å². The number of hydrogen-bond acceptors (Lipinski definition) is 5. The molecule has 1 aromatic carbocycles. The zero-order valence-electron chi connectivity index (χ0n) is 8.51. The van der Waals surface area contributed by atoms with E-state index < -0.39 is 5.91 Å². The highest BCUT2D eigenvalue weighted by Gasteiger charge is 2.18. The van der Waals surface area contributed by atoms with Crippen molar-refractivity contribution in [3.63, 3.8) is 0 Å². The van der Waals surface area contributed by atoms with Crippen LogP contribution < -0.4 is 10.1 Å². The van der Waals surface area contributed by atoms with Gasteiger partial charge in [-0.1, -0.05) is 18.2 Å². The summed E-state index contributed by atoms with van der Waals surface area (Å²) in [4.78, 5) is 11.7. The Bertz CT molecular complexity index is 481.